The maximum absolute atomic E-state index is 11.9. The molecular formula is C16H23ClN2O2. The van der Waals surface area contributed by atoms with E-state index >= 15 is 0 Å². The Bertz CT molecular complexity index is 485. The number of hydrogen-bond acceptors (Lipinski definition) is 3. The summed E-state index contributed by atoms with van der Waals surface area (Å²) in [5.74, 6) is 0.338. The van der Waals surface area contributed by atoms with Crippen LogP contribution in [0.2, 0.25) is 5.02 Å². The first-order valence-electron chi connectivity index (χ1n) is 7.34. The molecule has 1 heterocycles. The Morgan fingerprint density at radius 2 is 2.10 bits per heavy atom. The highest BCUT2D eigenvalue weighted by molar-refractivity contribution is 6.30. The molecule has 0 radical (unpaired) electrons. The first-order valence-corrected chi connectivity index (χ1v) is 7.72. The van der Waals surface area contributed by atoms with Crippen LogP contribution >= 0.6 is 11.6 Å². The number of β-amino-alcohol motifs (C(OH)–C–C–N with tert-alkyl or cyclic N) is 1. The molecule has 2 rings (SSSR count). The monoisotopic (exact) mass is 310 g/mol. The van der Waals surface area contributed by atoms with Crippen LogP contribution in [0, 0.1) is 5.92 Å². The van der Waals surface area contributed by atoms with E-state index in [0.29, 0.717) is 11.6 Å². The minimum absolute atomic E-state index is 0.125. The van der Waals surface area contributed by atoms with Crippen LogP contribution in [0.25, 0.3) is 0 Å². The molecule has 0 aliphatic carbocycles. The molecule has 4 nitrogen and oxygen atoms in total. The number of aliphatic hydroxyl groups excluding tert-OH is 1. The molecule has 0 aromatic heterocycles. The van der Waals surface area contributed by atoms with Gasteiger partial charge in [0.1, 0.15) is 0 Å². The number of carbonyl (C=O) groups is 1. The Balaban J connectivity index is 1.85. The molecule has 1 fully saturated rings. The minimum Gasteiger partial charge on any atom is -0.387 e. The Morgan fingerprint density at radius 1 is 1.43 bits per heavy atom. The standard InChI is InChI=1S/C16H23ClN2O2/c1-18(2)16(21)12-6-8-19(9-7-12)11-15(20)13-4-3-5-14(17)10-13/h3-5,10,12,15,20H,6-9,11H2,1-2H3. The number of aliphatic hydroxyl groups is 1. The average Bonchev–Trinajstić information content (AvgIpc) is 2.47. The zero-order valence-electron chi connectivity index (χ0n) is 12.6. The lowest BCUT2D eigenvalue weighted by atomic mass is 9.95. The van der Waals surface area contributed by atoms with Gasteiger partial charge in [0, 0.05) is 31.6 Å². The van der Waals surface area contributed by atoms with Gasteiger partial charge in [-0.3, -0.25) is 4.79 Å². The normalized spacial score (nSPS) is 18.5. The van der Waals surface area contributed by atoms with Gasteiger partial charge in [-0.05, 0) is 43.6 Å². The first kappa shape index (κ1) is 16.3. The summed E-state index contributed by atoms with van der Waals surface area (Å²) < 4.78 is 0. The minimum atomic E-state index is -0.537. The fraction of sp³-hybridized carbons (Fsp3) is 0.562. The van der Waals surface area contributed by atoms with E-state index in [4.69, 9.17) is 11.6 Å². The highest BCUT2D eigenvalue weighted by Crippen LogP contribution is 2.23. The molecule has 21 heavy (non-hydrogen) atoms. The van der Waals surface area contributed by atoms with E-state index in [1.165, 1.54) is 0 Å². The van der Waals surface area contributed by atoms with Crippen LogP contribution in [-0.2, 0) is 4.79 Å². The zero-order chi connectivity index (χ0) is 15.4. The summed E-state index contributed by atoms with van der Waals surface area (Å²) in [6.45, 7) is 2.28. The molecule has 116 valence electrons. The second-order valence-corrected chi connectivity index (χ2v) is 6.31. The van der Waals surface area contributed by atoms with Crippen LogP contribution in [-0.4, -0.2) is 54.5 Å². The molecule has 1 aliphatic heterocycles. The van der Waals surface area contributed by atoms with Crippen molar-refractivity contribution in [2.45, 2.75) is 18.9 Å². The molecule has 1 atom stereocenters. The maximum Gasteiger partial charge on any atom is 0.225 e. The molecule has 1 amide bonds. The van der Waals surface area contributed by atoms with E-state index < -0.39 is 6.10 Å². The summed E-state index contributed by atoms with van der Waals surface area (Å²) in [5, 5.41) is 10.9. The Labute approximate surface area is 131 Å². The number of amides is 1. The van der Waals surface area contributed by atoms with Crippen LogP contribution in [0.4, 0.5) is 0 Å². The first-order chi connectivity index (χ1) is 9.97. The van der Waals surface area contributed by atoms with Gasteiger partial charge in [0.2, 0.25) is 5.91 Å². The highest BCUT2D eigenvalue weighted by atomic mass is 35.5. The lowest BCUT2D eigenvalue weighted by Crippen LogP contribution is -2.41. The van der Waals surface area contributed by atoms with Gasteiger partial charge in [-0.1, -0.05) is 23.7 Å². The second kappa shape index (κ2) is 7.25. The molecule has 1 aromatic carbocycles. The lowest BCUT2D eigenvalue weighted by molar-refractivity contribution is -0.134. The van der Waals surface area contributed by atoms with Crippen LogP contribution in [0.1, 0.15) is 24.5 Å². The number of rotatable bonds is 4. The van der Waals surface area contributed by atoms with Gasteiger partial charge in [0.25, 0.3) is 0 Å². The van der Waals surface area contributed by atoms with Gasteiger partial charge in [0.05, 0.1) is 6.10 Å². The highest BCUT2D eigenvalue weighted by Gasteiger charge is 2.27. The van der Waals surface area contributed by atoms with Crippen LogP contribution < -0.4 is 0 Å². The van der Waals surface area contributed by atoms with Crippen molar-refractivity contribution in [1.29, 1.82) is 0 Å². The molecule has 1 N–H and O–H groups in total. The third-order valence-electron chi connectivity index (χ3n) is 4.04. The molecule has 5 heteroatoms. The van der Waals surface area contributed by atoms with E-state index in [1.807, 2.05) is 12.1 Å². The number of piperidine rings is 1. The fourth-order valence-corrected chi connectivity index (χ4v) is 2.99. The zero-order valence-corrected chi connectivity index (χ0v) is 13.4. The number of halogens is 1. The van der Waals surface area contributed by atoms with Crippen molar-refractivity contribution >= 4 is 17.5 Å². The van der Waals surface area contributed by atoms with Crippen LogP contribution in [0.3, 0.4) is 0 Å². The lowest BCUT2D eigenvalue weighted by Gasteiger charge is -2.33. The van der Waals surface area contributed by atoms with Gasteiger partial charge in [0.15, 0.2) is 0 Å². The maximum atomic E-state index is 11.9. The predicted molar refractivity (Wildman–Crippen MR) is 84.3 cm³/mol. The average molecular weight is 311 g/mol. The van der Waals surface area contributed by atoms with E-state index in [-0.39, 0.29) is 11.8 Å². The van der Waals surface area contributed by atoms with Crippen molar-refractivity contribution in [2.24, 2.45) is 5.92 Å². The van der Waals surface area contributed by atoms with Gasteiger partial charge in [-0.25, -0.2) is 0 Å². The van der Waals surface area contributed by atoms with Gasteiger partial charge in [-0.15, -0.1) is 0 Å². The molecule has 1 unspecified atom stereocenters. The number of nitrogens with zero attached hydrogens (tertiary/aromatic N) is 2. The number of hydrogen-bond donors (Lipinski definition) is 1. The van der Waals surface area contributed by atoms with Crippen LogP contribution in [0.5, 0.6) is 0 Å². The third kappa shape index (κ3) is 4.43. The van der Waals surface area contributed by atoms with E-state index in [9.17, 15) is 9.90 Å². The topological polar surface area (TPSA) is 43.8 Å². The smallest absolute Gasteiger partial charge is 0.225 e. The Hall–Kier alpha value is -1.10. The summed E-state index contributed by atoms with van der Waals surface area (Å²) in [4.78, 5) is 15.8. The largest absolute Gasteiger partial charge is 0.387 e. The molecule has 1 saturated heterocycles. The van der Waals surface area contributed by atoms with Gasteiger partial charge >= 0.3 is 0 Å². The van der Waals surface area contributed by atoms with E-state index in [0.717, 1.165) is 31.5 Å². The van der Waals surface area contributed by atoms with Crippen molar-refractivity contribution in [3.05, 3.63) is 34.9 Å². The van der Waals surface area contributed by atoms with Crippen molar-refractivity contribution in [3.63, 3.8) is 0 Å². The molecule has 0 spiro atoms. The number of likely N-dealkylation sites (tertiary alicyclic amines) is 1. The summed E-state index contributed by atoms with van der Waals surface area (Å²) >= 11 is 5.95. The number of carbonyl (C=O) groups excluding carboxylic acids is 1. The van der Waals surface area contributed by atoms with Crippen molar-refractivity contribution in [3.8, 4) is 0 Å². The molecule has 0 bridgehead atoms. The van der Waals surface area contributed by atoms with E-state index in [2.05, 4.69) is 4.90 Å². The summed E-state index contributed by atoms with van der Waals surface area (Å²) in [5.41, 5.74) is 0.842. The van der Waals surface area contributed by atoms with Crippen molar-refractivity contribution in [2.75, 3.05) is 33.7 Å². The SMILES string of the molecule is CN(C)C(=O)C1CCN(CC(O)c2cccc(Cl)c2)CC1. The van der Waals surface area contributed by atoms with E-state index in [1.54, 1.807) is 31.1 Å². The number of benzene rings is 1. The van der Waals surface area contributed by atoms with Gasteiger partial charge in [-0.2, -0.15) is 0 Å². The molecule has 0 saturated carbocycles. The second-order valence-electron chi connectivity index (χ2n) is 5.88. The Morgan fingerprint density at radius 3 is 2.67 bits per heavy atom. The molecule has 1 aromatic rings. The van der Waals surface area contributed by atoms with Crippen LogP contribution in [0.15, 0.2) is 24.3 Å². The fourth-order valence-electron chi connectivity index (χ4n) is 2.79. The summed E-state index contributed by atoms with van der Waals surface area (Å²) in [6.07, 6.45) is 1.18. The molecule has 1 aliphatic rings. The van der Waals surface area contributed by atoms with Crippen molar-refractivity contribution in [1.82, 2.24) is 9.80 Å². The summed E-state index contributed by atoms with van der Waals surface area (Å²) in [6, 6.07) is 7.34. The van der Waals surface area contributed by atoms with Crippen molar-refractivity contribution < 1.29 is 9.90 Å². The summed E-state index contributed by atoms with van der Waals surface area (Å²) in [7, 11) is 3.61. The van der Waals surface area contributed by atoms with Gasteiger partial charge < -0.3 is 14.9 Å². The predicted octanol–water partition coefficient (Wildman–Crippen LogP) is 2.17. The quantitative estimate of drug-likeness (QED) is 0.927. The third-order valence-corrected chi connectivity index (χ3v) is 4.28. The molecular weight excluding hydrogens is 288 g/mol. The Kier molecular flexibility index (Phi) is 5.62.